The van der Waals surface area contributed by atoms with Gasteiger partial charge in [0.2, 0.25) is 0 Å². The monoisotopic (exact) mass is 300 g/mol. The molecule has 0 radical (unpaired) electrons. The SMILES string of the molecule is CCNC(=O)c1ccc(N)cc1Sc1cc(C)ccc1C. The largest absolute Gasteiger partial charge is 0.399 e. The molecule has 2 aromatic rings. The van der Waals surface area contributed by atoms with Crippen molar-refractivity contribution in [1.82, 2.24) is 5.32 Å². The Balaban J connectivity index is 2.40. The number of amides is 1. The molecule has 0 heterocycles. The molecule has 0 aliphatic rings. The highest BCUT2D eigenvalue weighted by Gasteiger charge is 2.13. The van der Waals surface area contributed by atoms with E-state index in [0.717, 1.165) is 9.79 Å². The van der Waals surface area contributed by atoms with Crippen molar-refractivity contribution in [3.05, 3.63) is 53.1 Å². The van der Waals surface area contributed by atoms with Crippen LogP contribution in [0.5, 0.6) is 0 Å². The van der Waals surface area contributed by atoms with E-state index in [9.17, 15) is 4.79 Å². The highest BCUT2D eigenvalue weighted by Crippen LogP contribution is 2.34. The van der Waals surface area contributed by atoms with Gasteiger partial charge in [0.15, 0.2) is 0 Å². The van der Waals surface area contributed by atoms with Gasteiger partial charge in [-0.2, -0.15) is 0 Å². The van der Waals surface area contributed by atoms with Gasteiger partial charge in [-0.1, -0.05) is 23.9 Å². The molecule has 0 aromatic heterocycles. The number of nitrogens with two attached hydrogens (primary N) is 1. The molecule has 0 saturated carbocycles. The molecule has 2 aromatic carbocycles. The van der Waals surface area contributed by atoms with Gasteiger partial charge in [0.1, 0.15) is 0 Å². The minimum Gasteiger partial charge on any atom is -0.399 e. The van der Waals surface area contributed by atoms with Gasteiger partial charge in [0.05, 0.1) is 5.56 Å². The van der Waals surface area contributed by atoms with Crippen LogP contribution < -0.4 is 11.1 Å². The lowest BCUT2D eigenvalue weighted by Crippen LogP contribution is -2.23. The van der Waals surface area contributed by atoms with Gasteiger partial charge in [0, 0.05) is 22.0 Å². The molecule has 110 valence electrons. The minimum absolute atomic E-state index is 0.0645. The van der Waals surface area contributed by atoms with Gasteiger partial charge in [-0.25, -0.2) is 0 Å². The molecule has 4 heteroatoms. The predicted octanol–water partition coefficient (Wildman–Crippen LogP) is 3.79. The average molecular weight is 300 g/mol. The number of aryl methyl sites for hydroxylation is 2. The molecule has 0 unspecified atom stereocenters. The Morgan fingerprint density at radius 1 is 1.14 bits per heavy atom. The molecule has 3 N–H and O–H groups in total. The summed E-state index contributed by atoms with van der Waals surface area (Å²) in [5.41, 5.74) is 9.60. The van der Waals surface area contributed by atoms with E-state index in [2.05, 4.69) is 37.4 Å². The summed E-state index contributed by atoms with van der Waals surface area (Å²) in [6.45, 7) is 6.65. The summed E-state index contributed by atoms with van der Waals surface area (Å²) < 4.78 is 0. The summed E-state index contributed by atoms with van der Waals surface area (Å²) in [6.07, 6.45) is 0. The number of anilines is 1. The number of benzene rings is 2. The van der Waals surface area contributed by atoms with Crippen LogP contribution in [0.2, 0.25) is 0 Å². The van der Waals surface area contributed by atoms with Crippen LogP contribution in [0.25, 0.3) is 0 Å². The highest BCUT2D eigenvalue weighted by atomic mass is 32.2. The number of nitrogens with one attached hydrogen (secondary N) is 1. The molecule has 0 saturated heterocycles. The lowest BCUT2D eigenvalue weighted by molar-refractivity contribution is 0.0953. The second-order valence-electron chi connectivity index (χ2n) is 4.99. The Kier molecular flexibility index (Phi) is 4.91. The molecule has 0 spiro atoms. The molecule has 2 rings (SSSR count). The molecular weight excluding hydrogens is 280 g/mol. The molecule has 3 nitrogen and oxygen atoms in total. The van der Waals surface area contributed by atoms with Gasteiger partial charge in [-0.15, -0.1) is 0 Å². The molecular formula is C17H20N2OS. The summed E-state index contributed by atoms with van der Waals surface area (Å²) in [5, 5.41) is 2.84. The van der Waals surface area contributed by atoms with Gasteiger partial charge in [0.25, 0.3) is 5.91 Å². The zero-order valence-electron chi connectivity index (χ0n) is 12.6. The smallest absolute Gasteiger partial charge is 0.252 e. The highest BCUT2D eigenvalue weighted by molar-refractivity contribution is 7.99. The maximum Gasteiger partial charge on any atom is 0.252 e. The summed E-state index contributed by atoms with van der Waals surface area (Å²) >= 11 is 1.58. The second kappa shape index (κ2) is 6.68. The van der Waals surface area contributed by atoms with Gasteiger partial charge in [-0.05, 0) is 56.2 Å². The second-order valence-corrected chi connectivity index (χ2v) is 6.07. The van der Waals surface area contributed by atoms with Crippen molar-refractivity contribution in [2.45, 2.75) is 30.6 Å². The first-order valence-electron chi connectivity index (χ1n) is 6.94. The van der Waals surface area contributed by atoms with Crippen LogP contribution in [-0.4, -0.2) is 12.5 Å². The van der Waals surface area contributed by atoms with Crippen molar-refractivity contribution in [2.24, 2.45) is 0 Å². The zero-order valence-corrected chi connectivity index (χ0v) is 13.4. The first kappa shape index (κ1) is 15.4. The fourth-order valence-corrected chi connectivity index (χ4v) is 3.18. The number of carbonyl (C=O) groups is 1. The lowest BCUT2D eigenvalue weighted by atomic mass is 10.2. The van der Waals surface area contributed by atoms with Crippen LogP contribution >= 0.6 is 11.8 Å². The molecule has 0 atom stereocenters. The van der Waals surface area contributed by atoms with Crippen LogP contribution in [0.15, 0.2) is 46.2 Å². The fraction of sp³-hybridized carbons (Fsp3) is 0.235. The van der Waals surface area contributed by atoms with Crippen molar-refractivity contribution in [1.29, 1.82) is 0 Å². The predicted molar refractivity (Wildman–Crippen MR) is 88.9 cm³/mol. The van der Waals surface area contributed by atoms with Crippen molar-refractivity contribution < 1.29 is 4.79 Å². The van der Waals surface area contributed by atoms with E-state index in [1.54, 1.807) is 23.9 Å². The van der Waals surface area contributed by atoms with E-state index in [1.165, 1.54) is 11.1 Å². The van der Waals surface area contributed by atoms with E-state index in [1.807, 2.05) is 13.0 Å². The number of nitrogen functional groups attached to an aromatic ring is 1. The van der Waals surface area contributed by atoms with E-state index in [4.69, 9.17) is 5.73 Å². The molecule has 0 aliphatic heterocycles. The fourth-order valence-electron chi connectivity index (χ4n) is 2.00. The maximum absolute atomic E-state index is 12.2. The topological polar surface area (TPSA) is 55.1 Å². The Labute approximate surface area is 129 Å². The Morgan fingerprint density at radius 3 is 2.62 bits per heavy atom. The summed E-state index contributed by atoms with van der Waals surface area (Å²) in [4.78, 5) is 14.2. The molecule has 0 aliphatic carbocycles. The van der Waals surface area contributed by atoms with Crippen LogP contribution in [0.4, 0.5) is 5.69 Å². The summed E-state index contributed by atoms with van der Waals surface area (Å²) in [6, 6.07) is 11.7. The normalized spacial score (nSPS) is 10.4. The first-order chi connectivity index (χ1) is 10.0. The number of hydrogen-bond donors (Lipinski definition) is 2. The standard InChI is InChI=1S/C17H20N2OS/c1-4-19-17(20)14-8-7-13(18)10-16(14)21-15-9-11(2)5-6-12(15)3/h5-10H,4,18H2,1-3H3,(H,19,20). The summed E-state index contributed by atoms with van der Waals surface area (Å²) in [7, 11) is 0. The van der Waals surface area contributed by atoms with Crippen molar-refractivity contribution in [3.63, 3.8) is 0 Å². The molecule has 0 bridgehead atoms. The van der Waals surface area contributed by atoms with Gasteiger partial charge in [-0.3, -0.25) is 4.79 Å². The molecule has 1 amide bonds. The zero-order chi connectivity index (χ0) is 15.4. The Hall–Kier alpha value is -1.94. The van der Waals surface area contributed by atoms with Gasteiger partial charge >= 0.3 is 0 Å². The van der Waals surface area contributed by atoms with E-state index < -0.39 is 0 Å². The lowest BCUT2D eigenvalue weighted by Gasteiger charge is -2.12. The van der Waals surface area contributed by atoms with E-state index >= 15 is 0 Å². The minimum atomic E-state index is -0.0645. The van der Waals surface area contributed by atoms with Gasteiger partial charge < -0.3 is 11.1 Å². The number of hydrogen-bond acceptors (Lipinski definition) is 3. The number of carbonyl (C=O) groups excluding carboxylic acids is 1. The van der Waals surface area contributed by atoms with Crippen LogP contribution in [0, 0.1) is 13.8 Å². The Bertz CT molecular complexity index is 668. The molecule has 0 fully saturated rings. The average Bonchev–Trinajstić information content (AvgIpc) is 2.43. The third kappa shape index (κ3) is 3.79. The third-order valence-electron chi connectivity index (χ3n) is 3.15. The van der Waals surface area contributed by atoms with E-state index in [-0.39, 0.29) is 5.91 Å². The third-order valence-corrected chi connectivity index (χ3v) is 4.37. The van der Waals surface area contributed by atoms with E-state index in [0.29, 0.717) is 17.8 Å². The summed E-state index contributed by atoms with van der Waals surface area (Å²) in [5.74, 6) is -0.0645. The Morgan fingerprint density at radius 2 is 1.90 bits per heavy atom. The van der Waals surface area contributed by atoms with Crippen LogP contribution in [-0.2, 0) is 0 Å². The van der Waals surface area contributed by atoms with Crippen molar-refractivity contribution in [3.8, 4) is 0 Å². The van der Waals surface area contributed by atoms with Crippen LogP contribution in [0.1, 0.15) is 28.4 Å². The molecule has 21 heavy (non-hydrogen) atoms. The number of rotatable bonds is 4. The van der Waals surface area contributed by atoms with Crippen LogP contribution in [0.3, 0.4) is 0 Å². The maximum atomic E-state index is 12.2. The first-order valence-corrected chi connectivity index (χ1v) is 7.75. The van der Waals surface area contributed by atoms with Crippen molar-refractivity contribution in [2.75, 3.05) is 12.3 Å². The van der Waals surface area contributed by atoms with Crippen molar-refractivity contribution >= 4 is 23.4 Å². The quantitative estimate of drug-likeness (QED) is 0.845.